The molecule has 1 heterocycles. The summed E-state index contributed by atoms with van der Waals surface area (Å²) in [5.74, 6) is 0.382. The number of rotatable bonds is 3. The first kappa shape index (κ1) is 13.3. The van der Waals surface area contributed by atoms with Crippen LogP contribution in [0.2, 0.25) is 0 Å². The van der Waals surface area contributed by atoms with Crippen LogP contribution < -0.4 is 10.6 Å². The molecule has 1 amide bonds. The Kier molecular flexibility index (Phi) is 5.06. The highest BCUT2D eigenvalue weighted by Crippen LogP contribution is 2.13. The first-order chi connectivity index (χ1) is 7.49. The van der Waals surface area contributed by atoms with Crippen LogP contribution in [-0.2, 0) is 4.74 Å². The number of amides is 1. The molecular weight excluding hydrogens is 204 g/mol. The van der Waals surface area contributed by atoms with Crippen molar-refractivity contribution >= 4 is 6.09 Å². The number of hydrogen-bond donors (Lipinski definition) is 2. The van der Waals surface area contributed by atoms with Gasteiger partial charge in [-0.1, -0.05) is 13.8 Å². The van der Waals surface area contributed by atoms with Crippen LogP contribution >= 0.6 is 0 Å². The summed E-state index contributed by atoms with van der Waals surface area (Å²) in [4.78, 5) is 11.5. The van der Waals surface area contributed by atoms with Gasteiger partial charge < -0.3 is 15.4 Å². The largest absolute Gasteiger partial charge is 0.449 e. The van der Waals surface area contributed by atoms with Crippen molar-refractivity contribution in [2.24, 2.45) is 5.92 Å². The van der Waals surface area contributed by atoms with E-state index in [4.69, 9.17) is 4.74 Å². The van der Waals surface area contributed by atoms with E-state index in [9.17, 15) is 4.79 Å². The van der Waals surface area contributed by atoms with E-state index in [2.05, 4.69) is 24.5 Å². The van der Waals surface area contributed by atoms with Crippen molar-refractivity contribution in [2.45, 2.75) is 58.7 Å². The van der Waals surface area contributed by atoms with Crippen LogP contribution in [-0.4, -0.2) is 30.8 Å². The lowest BCUT2D eigenvalue weighted by atomic mass is 9.95. The summed E-state index contributed by atoms with van der Waals surface area (Å²) >= 11 is 0. The monoisotopic (exact) mass is 228 g/mol. The number of hydrogen-bond acceptors (Lipinski definition) is 3. The fourth-order valence-electron chi connectivity index (χ4n) is 1.96. The lowest BCUT2D eigenvalue weighted by Crippen LogP contribution is -2.54. The normalized spacial score (nSPS) is 30.2. The SMILES string of the molecule is CC(C)COC(=O)NC1CCC(C)NC1C. The van der Waals surface area contributed by atoms with Gasteiger partial charge in [-0.15, -0.1) is 0 Å². The van der Waals surface area contributed by atoms with Crippen LogP contribution in [0.3, 0.4) is 0 Å². The Morgan fingerprint density at radius 2 is 2.12 bits per heavy atom. The number of carbonyl (C=O) groups is 1. The molecule has 1 aliphatic heterocycles. The van der Waals surface area contributed by atoms with Gasteiger partial charge in [0.15, 0.2) is 0 Å². The molecule has 4 heteroatoms. The molecule has 0 aromatic carbocycles. The summed E-state index contributed by atoms with van der Waals surface area (Å²) in [7, 11) is 0. The molecule has 0 aliphatic carbocycles. The van der Waals surface area contributed by atoms with Crippen LogP contribution in [0.5, 0.6) is 0 Å². The average molecular weight is 228 g/mol. The molecule has 1 rings (SSSR count). The van der Waals surface area contributed by atoms with Gasteiger partial charge in [0.1, 0.15) is 0 Å². The Bertz CT molecular complexity index is 231. The Morgan fingerprint density at radius 1 is 1.44 bits per heavy atom. The van der Waals surface area contributed by atoms with E-state index in [1.165, 1.54) is 0 Å². The third-order valence-corrected chi connectivity index (χ3v) is 2.91. The Hall–Kier alpha value is -0.770. The molecule has 0 aromatic rings. The summed E-state index contributed by atoms with van der Waals surface area (Å²) in [6.45, 7) is 8.81. The van der Waals surface area contributed by atoms with Crippen LogP contribution in [0.25, 0.3) is 0 Å². The van der Waals surface area contributed by atoms with Gasteiger partial charge in [-0.05, 0) is 32.6 Å². The van der Waals surface area contributed by atoms with Gasteiger partial charge in [-0.25, -0.2) is 4.79 Å². The number of alkyl carbamates (subject to hydrolysis) is 1. The second-order valence-electron chi connectivity index (χ2n) is 5.18. The maximum atomic E-state index is 11.5. The highest BCUT2D eigenvalue weighted by atomic mass is 16.5. The highest BCUT2D eigenvalue weighted by molar-refractivity contribution is 5.67. The maximum absolute atomic E-state index is 11.5. The van der Waals surface area contributed by atoms with Crippen molar-refractivity contribution < 1.29 is 9.53 Å². The average Bonchev–Trinajstić information content (AvgIpc) is 2.19. The quantitative estimate of drug-likeness (QED) is 0.775. The Labute approximate surface area is 98.1 Å². The summed E-state index contributed by atoms with van der Waals surface area (Å²) in [5.41, 5.74) is 0. The van der Waals surface area contributed by atoms with E-state index < -0.39 is 0 Å². The molecule has 1 aliphatic rings. The van der Waals surface area contributed by atoms with Crippen molar-refractivity contribution in [1.29, 1.82) is 0 Å². The molecule has 3 atom stereocenters. The summed E-state index contributed by atoms with van der Waals surface area (Å²) < 4.78 is 5.10. The highest BCUT2D eigenvalue weighted by Gasteiger charge is 2.26. The zero-order chi connectivity index (χ0) is 12.1. The van der Waals surface area contributed by atoms with Gasteiger partial charge in [-0.3, -0.25) is 0 Å². The van der Waals surface area contributed by atoms with Crippen molar-refractivity contribution in [3.05, 3.63) is 0 Å². The van der Waals surface area contributed by atoms with Crippen LogP contribution in [0.4, 0.5) is 4.79 Å². The zero-order valence-corrected chi connectivity index (χ0v) is 10.7. The van der Waals surface area contributed by atoms with E-state index in [-0.39, 0.29) is 12.1 Å². The van der Waals surface area contributed by atoms with Crippen LogP contribution in [0.1, 0.15) is 40.5 Å². The van der Waals surface area contributed by atoms with Gasteiger partial charge in [0.05, 0.1) is 6.61 Å². The minimum absolute atomic E-state index is 0.191. The maximum Gasteiger partial charge on any atom is 0.407 e. The summed E-state index contributed by atoms with van der Waals surface area (Å²) in [6, 6.07) is 1.05. The van der Waals surface area contributed by atoms with Gasteiger partial charge in [-0.2, -0.15) is 0 Å². The van der Waals surface area contributed by atoms with E-state index >= 15 is 0 Å². The fraction of sp³-hybridized carbons (Fsp3) is 0.917. The van der Waals surface area contributed by atoms with Gasteiger partial charge in [0.2, 0.25) is 0 Å². The third-order valence-electron chi connectivity index (χ3n) is 2.91. The zero-order valence-electron chi connectivity index (χ0n) is 10.7. The first-order valence-corrected chi connectivity index (χ1v) is 6.18. The molecule has 2 N–H and O–H groups in total. The van der Waals surface area contributed by atoms with E-state index in [0.29, 0.717) is 24.6 Å². The molecule has 16 heavy (non-hydrogen) atoms. The molecule has 3 unspecified atom stereocenters. The van der Waals surface area contributed by atoms with E-state index in [0.717, 1.165) is 12.8 Å². The van der Waals surface area contributed by atoms with E-state index in [1.54, 1.807) is 0 Å². The predicted octanol–water partition coefficient (Wildman–Crippen LogP) is 1.90. The first-order valence-electron chi connectivity index (χ1n) is 6.18. The van der Waals surface area contributed by atoms with Crippen molar-refractivity contribution in [3.63, 3.8) is 0 Å². The second kappa shape index (κ2) is 6.09. The van der Waals surface area contributed by atoms with Crippen molar-refractivity contribution in [3.8, 4) is 0 Å². The number of nitrogens with one attached hydrogen (secondary N) is 2. The van der Waals surface area contributed by atoms with Crippen LogP contribution in [0, 0.1) is 5.92 Å². The molecule has 0 saturated carbocycles. The van der Waals surface area contributed by atoms with E-state index in [1.807, 2.05) is 13.8 Å². The van der Waals surface area contributed by atoms with Crippen molar-refractivity contribution in [1.82, 2.24) is 10.6 Å². The standard InChI is InChI=1S/C12H24N2O2/c1-8(2)7-16-12(15)14-11-6-5-9(3)13-10(11)4/h8-11,13H,5-7H2,1-4H3,(H,14,15). The Morgan fingerprint density at radius 3 is 2.69 bits per heavy atom. The van der Waals surface area contributed by atoms with Gasteiger partial charge >= 0.3 is 6.09 Å². The molecule has 94 valence electrons. The topological polar surface area (TPSA) is 50.4 Å². The summed E-state index contributed by atoms with van der Waals surface area (Å²) in [6.07, 6.45) is 1.83. The second-order valence-corrected chi connectivity index (χ2v) is 5.18. The number of ether oxygens (including phenoxy) is 1. The fourth-order valence-corrected chi connectivity index (χ4v) is 1.96. The minimum Gasteiger partial charge on any atom is -0.449 e. The van der Waals surface area contributed by atoms with Gasteiger partial charge in [0.25, 0.3) is 0 Å². The third kappa shape index (κ3) is 4.39. The molecule has 0 spiro atoms. The van der Waals surface area contributed by atoms with Crippen LogP contribution in [0.15, 0.2) is 0 Å². The molecule has 1 saturated heterocycles. The van der Waals surface area contributed by atoms with Crippen molar-refractivity contribution in [2.75, 3.05) is 6.61 Å². The number of piperidine rings is 1. The summed E-state index contributed by atoms with van der Waals surface area (Å²) in [5, 5.41) is 6.35. The Balaban J connectivity index is 2.28. The molecule has 4 nitrogen and oxygen atoms in total. The lowest BCUT2D eigenvalue weighted by Gasteiger charge is -2.34. The molecule has 0 aromatic heterocycles. The van der Waals surface area contributed by atoms with Gasteiger partial charge in [0, 0.05) is 18.1 Å². The molecule has 0 bridgehead atoms. The molecular formula is C12H24N2O2. The minimum atomic E-state index is -0.290. The molecule has 1 fully saturated rings. The predicted molar refractivity (Wildman–Crippen MR) is 64.4 cm³/mol. The lowest BCUT2D eigenvalue weighted by molar-refractivity contribution is 0.123. The smallest absolute Gasteiger partial charge is 0.407 e. The number of carbonyl (C=O) groups excluding carboxylic acids is 1. The molecule has 0 radical (unpaired) electrons.